The third-order valence-electron chi connectivity index (χ3n) is 3.02. The first-order valence-electron chi connectivity index (χ1n) is 5.66. The molecular formula is C16H16. The van der Waals surface area contributed by atoms with E-state index in [1.807, 2.05) is 0 Å². The number of rotatable bonds is 1. The lowest BCUT2D eigenvalue weighted by Gasteiger charge is -2.14. The molecule has 0 radical (unpaired) electrons. The van der Waals surface area contributed by atoms with Gasteiger partial charge in [0.05, 0.1) is 0 Å². The van der Waals surface area contributed by atoms with Gasteiger partial charge in [-0.05, 0) is 43.4 Å². The summed E-state index contributed by atoms with van der Waals surface area (Å²) in [5.74, 6) is 2.82. The molecule has 0 nitrogen and oxygen atoms in total. The van der Waals surface area contributed by atoms with Gasteiger partial charge >= 0.3 is 0 Å². The summed E-state index contributed by atoms with van der Waals surface area (Å²) in [5, 5.41) is 0. The van der Waals surface area contributed by atoms with Crippen LogP contribution in [0.5, 0.6) is 0 Å². The average molecular weight is 208 g/mol. The Balaban J connectivity index is 2.56. The van der Waals surface area contributed by atoms with Crippen LogP contribution < -0.4 is 0 Å². The van der Waals surface area contributed by atoms with Gasteiger partial charge in [0.1, 0.15) is 0 Å². The van der Waals surface area contributed by atoms with Crippen molar-refractivity contribution in [1.82, 2.24) is 0 Å². The normalized spacial score (nSPS) is 15.1. The lowest BCUT2D eigenvalue weighted by atomic mass is 9.90. The molecule has 0 aliphatic heterocycles. The third kappa shape index (κ3) is 1.95. The highest BCUT2D eigenvalue weighted by molar-refractivity contribution is 5.82. The van der Waals surface area contributed by atoms with Crippen molar-refractivity contribution in [3.05, 3.63) is 52.6 Å². The predicted molar refractivity (Wildman–Crippen MR) is 70.0 cm³/mol. The number of hydrogen-bond donors (Lipinski definition) is 0. The van der Waals surface area contributed by atoms with E-state index in [1.54, 1.807) is 0 Å². The predicted octanol–water partition coefficient (Wildman–Crippen LogP) is 4.04. The third-order valence-corrected chi connectivity index (χ3v) is 3.02. The maximum atomic E-state index is 5.57. The zero-order valence-electron chi connectivity index (χ0n) is 9.88. The van der Waals surface area contributed by atoms with Crippen LogP contribution in [0, 0.1) is 26.2 Å². The Hall–Kier alpha value is -1.74. The van der Waals surface area contributed by atoms with Crippen LogP contribution in [0.1, 0.15) is 29.5 Å². The van der Waals surface area contributed by atoms with E-state index in [2.05, 4.69) is 50.1 Å². The Morgan fingerprint density at radius 3 is 2.75 bits per heavy atom. The van der Waals surface area contributed by atoms with Crippen LogP contribution >= 0.6 is 0 Å². The monoisotopic (exact) mass is 208 g/mol. The van der Waals surface area contributed by atoms with Crippen molar-refractivity contribution in [3.8, 4) is 12.3 Å². The molecule has 0 heterocycles. The summed E-state index contributed by atoms with van der Waals surface area (Å²) in [7, 11) is 0. The summed E-state index contributed by atoms with van der Waals surface area (Å²) >= 11 is 0. The molecule has 1 aliphatic carbocycles. The van der Waals surface area contributed by atoms with Crippen molar-refractivity contribution in [2.75, 3.05) is 0 Å². The first-order valence-corrected chi connectivity index (χ1v) is 5.66. The highest BCUT2D eigenvalue weighted by Gasteiger charge is 2.10. The van der Waals surface area contributed by atoms with Crippen LogP contribution in [0.15, 0.2) is 35.9 Å². The summed E-state index contributed by atoms with van der Waals surface area (Å²) < 4.78 is 0. The topological polar surface area (TPSA) is 0 Å². The van der Waals surface area contributed by atoms with Crippen molar-refractivity contribution < 1.29 is 0 Å². The average Bonchev–Trinajstić information content (AvgIpc) is 2.29. The lowest BCUT2D eigenvalue weighted by molar-refractivity contribution is 1.00. The number of allylic oxidation sites excluding steroid dienone is 4. The number of benzene rings is 1. The van der Waals surface area contributed by atoms with Gasteiger partial charge in [0.15, 0.2) is 0 Å². The van der Waals surface area contributed by atoms with Crippen LogP contribution in [0.4, 0.5) is 0 Å². The van der Waals surface area contributed by atoms with Crippen LogP contribution in [-0.2, 0) is 0 Å². The van der Waals surface area contributed by atoms with E-state index in [4.69, 9.17) is 6.42 Å². The van der Waals surface area contributed by atoms with Gasteiger partial charge < -0.3 is 0 Å². The second kappa shape index (κ2) is 4.41. The molecule has 0 heteroatoms. The fourth-order valence-electron chi connectivity index (χ4n) is 2.18. The minimum absolute atomic E-state index is 0.996. The molecule has 0 spiro atoms. The molecule has 0 atom stereocenters. The molecule has 0 saturated heterocycles. The molecule has 1 aromatic carbocycles. The molecular weight excluding hydrogens is 192 g/mol. The second-order valence-electron chi connectivity index (χ2n) is 4.30. The SMILES string of the molecule is C#CC1=C(c2ccc(C)cc2C)C=CCC1. The molecule has 0 saturated carbocycles. The number of terminal acetylenes is 1. The molecule has 80 valence electrons. The zero-order valence-corrected chi connectivity index (χ0v) is 9.88. The summed E-state index contributed by atoms with van der Waals surface area (Å²) in [6.07, 6.45) is 12.0. The van der Waals surface area contributed by atoms with Gasteiger partial charge in [-0.25, -0.2) is 0 Å². The Morgan fingerprint density at radius 2 is 2.06 bits per heavy atom. The molecule has 16 heavy (non-hydrogen) atoms. The van der Waals surface area contributed by atoms with Crippen LogP contribution in [0.2, 0.25) is 0 Å². The van der Waals surface area contributed by atoms with Crippen LogP contribution in [0.3, 0.4) is 0 Å². The fraction of sp³-hybridized carbons (Fsp3) is 0.250. The summed E-state index contributed by atoms with van der Waals surface area (Å²) in [5.41, 5.74) is 6.23. The van der Waals surface area contributed by atoms with Crippen molar-refractivity contribution >= 4 is 5.57 Å². The highest BCUT2D eigenvalue weighted by Crippen LogP contribution is 2.29. The Bertz CT molecular complexity index is 507. The summed E-state index contributed by atoms with van der Waals surface area (Å²) in [4.78, 5) is 0. The first kappa shape index (κ1) is 10.8. The molecule has 0 unspecified atom stereocenters. The maximum absolute atomic E-state index is 5.57. The van der Waals surface area contributed by atoms with Gasteiger partial charge in [-0.1, -0.05) is 41.8 Å². The Morgan fingerprint density at radius 1 is 1.25 bits per heavy atom. The Labute approximate surface area is 97.7 Å². The second-order valence-corrected chi connectivity index (χ2v) is 4.30. The molecule has 1 aromatic rings. The molecule has 0 bridgehead atoms. The number of aryl methyl sites for hydroxylation is 2. The number of hydrogen-bond acceptors (Lipinski definition) is 0. The van der Waals surface area contributed by atoms with E-state index in [-0.39, 0.29) is 0 Å². The highest BCUT2D eigenvalue weighted by atomic mass is 14.1. The van der Waals surface area contributed by atoms with Crippen LogP contribution in [0.25, 0.3) is 5.57 Å². The van der Waals surface area contributed by atoms with Crippen molar-refractivity contribution in [2.45, 2.75) is 26.7 Å². The lowest BCUT2D eigenvalue weighted by Crippen LogP contribution is -1.95. The summed E-state index contributed by atoms with van der Waals surface area (Å²) in [6.45, 7) is 4.26. The van der Waals surface area contributed by atoms with Crippen molar-refractivity contribution in [3.63, 3.8) is 0 Å². The standard InChI is InChI=1S/C16H16/c1-4-14-7-5-6-8-16(14)15-10-9-12(2)11-13(15)3/h1,6,8-11H,5,7H2,2-3H3. The van der Waals surface area contributed by atoms with Gasteiger partial charge in [-0.15, -0.1) is 6.42 Å². The quantitative estimate of drug-likeness (QED) is 0.611. The van der Waals surface area contributed by atoms with Crippen LogP contribution in [-0.4, -0.2) is 0 Å². The van der Waals surface area contributed by atoms with Gasteiger partial charge in [0.2, 0.25) is 0 Å². The Kier molecular flexibility index (Phi) is 2.97. The molecule has 0 aromatic heterocycles. The molecule has 0 N–H and O–H groups in total. The van der Waals surface area contributed by atoms with E-state index in [9.17, 15) is 0 Å². The van der Waals surface area contributed by atoms with E-state index in [0.29, 0.717) is 0 Å². The molecule has 0 amide bonds. The zero-order chi connectivity index (χ0) is 11.5. The van der Waals surface area contributed by atoms with Crippen molar-refractivity contribution in [1.29, 1.82) is 0 Å². The fourth-order valence-corrected chi connectivity index (χ4v) is 2.18. The van der Waals surface area contributed by atoms with Gasteiger partial charge in [-0.2, -0.15) is 0 Å². The van der Waals surface area contributed by atoms with Gasteiger partial charge in [-0.3, -0.25) is 0 Å². The van der Waals surface area contributed by atoms with E-state index >= 15 is 0 Å². The van der Waals surface area contributed by atoms with Gasteiger partial charge in [0.25, 0.3) is 0 Å². The summed E-state index contributed by atoms with van der Waals surface area (Å²) in [6, 6.07) is 6.53. The molecule has 0 fully saturated rings. The minimum Gasteiger partial charge on any atom is -0.115 e. The minimum atomic E-state index is 0.996. The molecule has 2 rings (SSSR count). The maximum Gasteiger partial charge on any atom is 0.00990 e. The smallest absolute Gasteiger partial charge is 0.00990 e. The van der Waals surface area contributed by atoms with E-state index in [0.717, 1.165) is 18.4 Å². The van der Waals surface area contributed by atoms with Crippen molar-refractivity contribution in [2.24, 2.45) is 0 Å². The van der Waals surface area contributed by atoms with Gasteiger partial charge in [0, 0.05) is 5.57 Å². The first-order chi connectivity index (χ1) is 7.72. The van der Waals surface area contributed by atoms with E-state index < -0.39 is 0 Å². The van der Waals surface area contributed by atoms with E-state index in [1.165, 1.54) is 22.3 Å². The molecule has 1 aliphatic rings. The largest absolute Gasteiger partial charge is 0.115 e.